The Morgan fingerprint density at radius 1 is 0.958 bits per heavy atom. The molecule has 4 nitrogen and oxygen atoms in total. The minimum atomic E-state index is -0.427. The fraction of sp³-hybridized carbons (Fsp3) is 0.400. The van der Waals surface area contributed by atoms with Crippen molar-refractivity contribution in [3.8, 4) is 5.75 Å². The van der Waals surface area contributed by atoms with E-state index in [1.807, 2.05) is 44.4 Å². The number of nitrogens with zero attached hydrogens (tertiary/aromatic N) is 2. The molecule has 0 fully saturated rings. The Balaban J connectivity index is 1.83. The Hall–Kier alpha value is -1.88. The second-order valence-corrected chi connectivity index (χ2v) is 6.55. The molecule has 2 rings (SSSR count). The predicted molar refractivity (Wildman–Crippen MR) is 97.9 cm³/mol. The summed E-state index contributed by atoms with van der Waals surface area (Å²) in [5.74, 6) is 0.274. The van der Waals surface area contributed by atoms with Gasteiger partial charge in [0.15, 0.2) is 0 Å². The second kappa shape index (κ2) is 8.83. The molecule has 0 radical (unpaired) electrons. The van der Waals surface area contributed by atoms with E-state index < -0.39 is 6.10 Å². The minimum absolute atomic E-state index is 0.131. The molecule has 4 heteroatoms. The summed E-state index contributed by atoms with van der Waals surface area (Å²) in [6.45, 7) is 4.10. The third kappa shape index (κ3) is 5.64. The molecule has 130 valence electrons. The van der Waals surface area contributed by atoms with Crippen molar-refractivity contribution in [3.63, 3.8) is 0 Å². The second-order valence-electron chi connectivity index (χ2n) is 6.55. The number of aromatic hydroxyl groups is 1. The van der Waals surface area contributed by atoms with E-state index in [4.69, 9.17) is 0 Å². The van der Waals surface area contributed by atoms with Crippen LogP contribution in [0.4, 0.5) is 0 Å². The molecule has 0 aliphatic heterocycles. The molecule has 2 N–H and O–H groups in total. The van der Waals surface area contributed by atoms with Crippen molar-refractivity contribution in [1.29, 1.82) is 0 Å². The maximum atomic E-state index is 10.4. The number of aliphatic hydroxyl groups excluding tert-OH is 1. The Morgan fingerprint density at radius 3 is 2.33 bits per heavy atom. The summed E-state index contributed by atoms with van der Waals surface area (Å²) >= 11 is 0. The zero-order valence-electron chi connectivity index (χ0n) is 14.8. The highest BCUT2D eigenvalue weighted by Crippen LogP contribution is 2.22. The van der Waals surface area contributed by atoms with Crippen LogP contribution in [-0.4, -0.2) is 53.3 Å². The zero-order valence-corrected chi connectivity index (χ0v) is 14.8. The van der Waals surface area contributed by atoms with E-state index >= 15 is 0 Å². The van der Waals surface area contributed by atoms with Crippen molar-refractivity contribution < 1.29 is 10.2 Å². The Labute approximate surface area is 145 Å². The lowest BCUT2D eigenvalue weighted by Crippen LogP contribution is -2.38. The summed E-state index contributed by atoms with van der Waals surface area (Å²) in [7, 11) is 4.02. The molecule has 0 spiro atoms. The summed E-state index contributed by atoms with van der Waals surface area (Å²) in [6.07, 6.45) is -0.427. The Kier molecular flexibility index (Phi) is 6.79. The van der Waals surface area contributed by atoms with Gasteiger partial charge in [-0.2, -0.15) is 0 Å². The van der Waals surface area contributed by atoms with E-state index in [9.17, 15) is 10.2 Å². The van der Waals surface area contributed by atoms with Crippen LogP contribution in [0.25, 0.3) is 0 Å². The van der Waals surface area contributed by atoms with E-state index in [1.54, 1.807) is 12.1 Å². The quantitative estimate of drug-likeness (QED) is 0.782. The van der Waals surface area contributed by atoms with Gasteiger partial charge >= 0.3 is 0 Å². The van der Waals surface area contributed by atoms with E-state index in [0.29, 0.717) is 13.1 Å². The molecule has 0 saturated carbocycles. The van der Waals surface area contributed by atoms with Gasteiger partial charge < -0.3 is 10.2 Å². The number of likely N-dealkylation sites (N-methyl/N-ethyl adjacent to an activating group) is 2. The van der Waals surface area contributed by atoms with Crippen LogP contribution in [0.1, 0.15) is 24.1 Å². The van der Waals surface area contributed by atoms with Gasteiger partial charge in [-0.05, 0) is 44.3 Å². The topological polar surface area (TPSA) is 46.9 Å². The lowest BCUT2D eigenvalue weighted by molar-refractivity contribution is 0.0767. The summed E-state index contributed by atoms with van der Waals surface area (Å²) in [5.41, 5.74) is 2.29. The standard InChI is InChI=1S/C20H28N2O2/c1-16(18-10-7-11-19(23)12-18)22(3)15-20(24)14-21(2)13-17-8-5-4-6-9-17/h4-12,16,20,23-24H,13-15H2,1-3H3. The number of hydrogen-bond donors (Lipinski definition) is 2. The predicted octanol–water partition coefficient (Wildman–Crippen LogP) is 2.88. The third-order valence-corrected chi connectivity index (χ3v) is 4.33. The van der Waals surface area contributed by atoms with Gasteiger partial charge in [-0.15, -0.1) is 0 Å². The van der Waals surface area contributed by atoms with Crippen LogP contribution < -0.4 is 0 Å². The summed E-state index contributed by atoms with van der Waals surface area (Å²) in [6, 6.07) is 17.7. The lowest BCUT2D eigenvalue weighted by atomic mass is 10.1. The molecule has 0 amide bonds. The lowest BCUT2D eigenvalue weighted by Gasteiger charge is -2.29. The number of phenolic OH excluding ortho intramolecular Hbond substituents is 1. The molecule has 0 saturated heterocycles. The maximum absolute atomic E-state index is 10.4. The Bertz CT molecular complexity index is 618. The monoisotopic (exact) mass is 328 g/mol. The number of rotatable bonds is 8. The minimum Gasteiger partial charge on any atom is -0.508 e. The smallest absolute Gasteiger partial charge is 0.115 e. The van der Waals surface area contributed by atoms with Crippen LogP contribution in [0.15, 0.2) is 54.6 Å². The van der Waals surface area contributed by atoms with E-state index in [1.165, 1.54) is 5.56 Å². The molecule has 0 aliphatic carbocycles. The van der Waals surface area contributed by atoms with Gasteiger partial charge in [0.1, 0.15) is 5.75 Å². The van der Waals surface area contributed by atoms with Gasteiger partial charge in [0, 0.05) is 25.7 Å². The van der Waals surface area contributed by atoms with Gasteiger partial charge in [0.2, 0.25) is 0 Å². The number of benzene rings is 2. The van der Waals surface area contributed by atoms with Crippen LogP contribution in [-0.2, 0) is 6.54 Å². The summed E-state index contributed by atoms with van der Waals surface area (Å²) < 4.78 is 0. The van der Waals surface area contributed by atoms with Gasteiger partial charge in [0.05, 0.1) is 6.10 Å². The average molecular weight is 328 g/mol. The van der Waals surface area contributed by atoms with Crippen molar-refractivity contribution in [1.82, 2.24) is 9.80 Å². The first-order valence-electron chi connectivity index (χ1n) is 8.35. The first-order valence-corrected chi connectivity index (χ1v) is 8.35. The molecule has 0 heterocycles. The SMILES string of the molecule is CC(c1cccc(O)c1)N(C)CC(O)CN(C)Cc1ccccc1. The highest BCUT2D eigenvalue weighted by Gasteiger charge is 2.17. The van der Waals surface area contributed by atoms with Gasteiger partial charge in [0.25, 0.3) is 0 Å². The van der Waals surface area contributed by atoms with Crippen LogP contribution in [0, 0.1) is 0 Å². The molecule has 0 bridgehead atoms. The van der Waals surface area contributed by atoms with Gasteiger partial charge in [-0.25, -0.2) is 0 Å². The maximum Gasteiger partial charge on any atom is 0.115 e. The molecule has 2 aromatic carbocycles. The first-order chi connectivity index (χ1) is 11.5. The highest BCUT2D eigenvalue weighted by molar-refractivity contribution is 5.29. The Morgan fingerprint density at radius 2 is 1.67 bits per heavy atom. The molecular formula is C20H28N2O2. The fourth-order valence-electron chi connectivity index (χ4n) is 2.91. The van der Waals surface area contributed by atoms with E-state index in [0.717, 1.165) is 12.1 Å². The molecule has 2 atom stereocenters. The first kappa shape index (κ1) is 18.5. The van der Waals surface area contributed by atoms with Crippen LogP contribution in [0.2, 0.25) is 0 Å². The molecule has 2 aromatic rings. The van der Waals surface area contributed by atoms with Crippen LogP contribution in [0.5, 0.6) is 5.75 Å². The fourth-order valence-corrected chi connectivity index (χ4v) is 2.91. The van der Waals surface area contributed by atoms with E-state index in [-0.39, 0.29) is 11.8 Å². The molecular weight excluding hydrogens is 300 g/mol. The van der Waals surface area contributed by atoms with Crippen molar-refractivity contribution in [2.75, 3.05) is 27.2 Å². The number of hydrogen-bond acceptors (Lipinski definition) is 4. The van der Waals surface area contributed by atoms with Gasteiger partial charge in [-0.3, -0.25) is 9.80 Å². The zero-order chi connectivity index (χ0) is 17.5. The van der Waals surface area contributed by atoms with Crippen molar-refractivity contribution in [2.24, 2.45) is 0 Å². The average Bonchev–Trinajstić information content (AvgIpc) is 2.54. The molecule has 24 heavy (non-hydrogen) atoms. The molecule has 0 aromatic heterocycles. The highest BCUT2D eigenvalue weighted by atomic mass is 16.3. The van der Waals surface area contributed by atoms with E-state index in [2.05, 4.69) is 28.9 Å². The number of aliphatic hydroxyl groups is 1. The van der Waals surface area contributed by atoms with Crippen LogP contribution in [0.3, 0.4) is 0 Å². The summed E-state index contributed by atoms with van der Waals surface area (Å²) in [5, 5.41) is 20.0. The van der Waals surface area contributed by atoms with Gasteiger partial charge in [-0.1, -0.05) is 42.5 Å². The van der Waals surface area contributed by atoms with Crippen molar-refractivity contribution >= 4 is 0 Å². The summed E-state index contributed by atoms with van der Waals surface area (Å²) in [4.78, 5) is 4.24. The van der Waals surface area contributed by atoms with Crippen LogP contribution >= 0.6 is 0 Å². The van der Waals surface area contributed by atoms with Crippen molar-refractivity contribution in [2.45, 2.75) is 25.6 Å². The third-order valence-electron chi connectivity index (χ3n) is 4.33. The number of phenols is 1. The molecule has 0 aliphatic rings. The normalized spacial score (nSPS) is 14.1. The largest absolute Gasteiger partial charge is 0.508 e. The molecule has 2 unspecified atom stereocenters. The van der Waals surface area contributed by atoms with Crippen molar-refractivity contribution in [3.05, 3.63) is 65.7 Å².